The monoisotopic (exact) mass is 197 g/mol. The zero-order valence-electron chi connectivity index (χ0n) is 8.61. The summed E-state index contributed by atoms with van der Waals surface area (Å²) in [6.45, 7) is 4.58. The Balaban J connectivity index is 2.01. The maximum absolute atomic E-state index is 8.74. The van der Waals surface area contributed by atoms with Gasteiger partial charge in [-0.1, -0.05) is 11.2 Å². The van der Waals surface area contributed by atoms with Crippen LogP contribution < -0.4 is 0 Å². The minimum atomic E-state index is 0.489. The van der Waals surface area contributed by atoms with Crippen molar-refractivity contribution in [1.29, 1.82) is 0 Å². The van der Waals surface area contributed by atoms with Gasteiger partial charge in [-0.2, -0.15) is 0 Å². The van der Waals surface area contributed by atoms with Crippen LogP contribution in [0.3, 0.4) is 0 Å². The minimum Gasteiger partial charge on any atom is -0.411 e. The van der Waals surface area contributed by atoms with E-state index in [1.54, 1.807) is 0 Å². The molecule has 1 saturated heterocycles. The molecule has 1 atom stereocenters. The Morgan fingerprint density at radius 3 is 2.79 bits per heavy atom. The van der Waals surface area contributed by atoms with E-state index in [0.717, 1.165) is 50.8 Å². The third-order valence-electron chi connectivity index (χ3n) is 2.41. The van der Waals surface area contributed by atoms with E-state index in [2.05, 4.69) is 11.7 Å². The smallest absolute Gasteiger partial charge is 0.0810 e. The molecule has 0 aromatic heterocycles. The van der Waals surface area contributed by atoms with Crippen LogP contribution in [0.15, 0.2) is 17.8 Å². The van der Waals surface area contributed by atoms with Gasteiger partial charge in [0.2, 0.25) is 0 Å². The summed E-state index contributed by atoms with van der Waals surface area (Å²) in [7, 11) is 0. The van der Waals surface area contributed by atoms with Crippen molar-refractivity contribution in [2.75, 3.05) is 6.61 Å². The molecule has 0 aromatic carbocycles. The second kappa shape index (κ2) is 6.60. The molecule has 0 aromatic rings. The highest BCUT2D eigenvalue weighted by Gasteiger charge is 2.21. The highest BCUT2D eigenvalue weighted by atomic mass is 16.6. The van der Waals surface area contributed by atoms with Crippen LogP contribution in [0.1, 0.15) is 38.5 Å². The molecule has 0 saturated carbocycles. The number of unbranched alkanes of at least 4 members (excludes halogenated alkanes) is 1. The fourth-order valence-electron chi connectivity index (χ4n) is 1.44. The molecule has 0 radical (unpaired) electrons. The van der Waals surface area contributed by atoms with Crippen LogP contribution in [0.2, 0.25) is 0 Å². The summed E-state index contributed by atoms with van der Waals surface area (Å²) >= 11 is 0. The molecule has 1 heterocycles. The average molecular weight is 197 g/mol. The van der Waals surface area contributed by atoms with Crippen LogP contribution in [0.4, 0.5) is 0 Å². The summed E-state index contributed by atoms with van der Waals surface area (Å²) in [5, 5.41) is 12.1. The van der Waals surface area contributed by atoms with Gasteiger partial charge in [0, 0.05) is 0 Å². The van der Waals surface area contributed by atoms with Gasteiger partial charge < -0.3 is 9.94 Å². The largest absolute Gasteiger partial charge is 0.411 e. The van der Waals surface area contributed by atoms with Crippen LogP contribution in [0, 0.1) is 0 Å². The predicted octanol–water partition coefficient (Wildman–Crippen LogP) is 2.74. The second-order valence-electron chi connectivity index (χ2n) is 3.69. The van der Waals surface area contributed by atoms with Crippen molar-refractivity contribution < 1.29 is 9.94 Å². The first kappa shape index (κ1) is 11.2. The van der Waals surface area contributed by atoms with Crippen LogP contribution in [0.25, 0.3) is 0 Å². The Morgan fingerprint density at radius 1 is 1.50 bits per heavy atom. The van der Waals surface area contributed by atoms with Gasteiger partial charge in [0.05, 0.1) is 18.4 Å². The molecule has 0 amide bonds. The van der Waals surface area contributed by atoms with Crippen LogP contribution in [-0.2, 0) is 4.74 Å². The van der Waals surface area contributed by atoms with Crippen LogP contribution in [-0.4, -0.2) is 23.6 Å². The molecular formula is C11H19NO2. The van der Waals surface area contributed by atoms with Gasteiger partial charge in [-0.25, -0.2) is 0 Å². The molecule has 1 rings (SSSR count). The van der Waals surface area contributed by atoms with E-state index in [0.29, 0.717) is 6.10 Å². The average Bonchev–Trinajstić information content (AvgIpc) is 2.99. The standard InChI is InChI=1S/C11H19NO2/c1-2-3-4-6-10(12-13)7-5-8-11-9-14-11/h2,11,13H,1,3-9H2/b12-10-. The molecule has 1 fully saturated rings. The van der Waals surface area contributed by atoms with E-state index in [1.807, 2.05) is 6.08 Å². The van der Waals surface area contributed by atoms with Crippen molar-refractivity contribution in [2.24, 2.45) is 5.16 Å². The fourth-order valence-corrected chi connectivity index (χ4v) is 1.44. The highest BCUT2D eigenvalue weighted by molar-refractivity contribution is 5.83. The maximum Gasteiger partial charge on any atom is 0.0810 e. The molecule has 1 aliphatic heterocycles. The normalized spacial score (nSPS) is 20.9. The summed E-state index contributed by atoms with van der Waals surface area (Å²) < 4.78 is 5.11. The molecule has 1 N–H and O–H groups in total. The Kier molecular flexibility index (Phi) is 5.30. The van der Waals surface area contributed by atoms with Crippen LogP contribution >= 0.6 is 0 Å². The molecular weight excluding hydrogens is 178 g/mol. The second-order valence-corrected chi connectivity index (χ2v) is 3.69. The third-order valence-corrected chi connectivity index (χ3v) is 2.41. The zero-order chi connectivity index (χ0) is 10.2. The van der Waals surface area contributed by atoms with E-state index in [4.69, 9.17) is 9.94 Å². The molecule has 1 aliphatic rings. The first-order valence-electron chi connectivity index (χ1n) is 5.29. The summed E-state index contributed by atoms with van der Waals surface area (Å²) in [5.74, 6) is 0. The first-order chi connectivity index (χ1) is 6.86. The molecule has 1 unspecified atom stereocenters. The summed E-state index contributed by atoms with van der Waals surface area (Å²) in [6, 6.07) is 0. The van der Waals surface area contributed by atoms with Crippen molar-refractivity contribution in [3.8, 4) is 0 Å². The van der Waals surface area contributed by atoms with Crippen LogP contribution in [0.5, 0.6) is 0 Å². The molecule has 0 spiro atoms. The molecule has 0 bridgehead atoms. The Labute approximate surface area is 85.5 Å². The van der Waals surface area contributed by atoms with Gasteiger partial charge in [0.1, 0.15) is 0 Å². The first-order valence-corrected chi connectivity index (χ1v) is 5.29. The van der Waals surface area contributed by atoms with E-state index >= 15 is 0 Å². The van der Waals surface area contributed by atoms with Crippen molar-refractivity contribution in [3.05, 3.63) is 12.7 Å². The van der Waals surface area contributed by atoms with Gasteiger partial charge in [-0.15, -0.1) is 6.58 Å². The highest BCUT2D eigenvalue weighted by Crippen LogP contribution is 2.17. The number of hydrogen-bond donors (Lipinski definition) is 1. The Hall–Kier alpha value is -0.830. The van der Waals surface area contributed by atoms with Crippen molar-refractivity contribution in [3.63, 3.8) is 0 Å². The predicted molar refractivity (Wildman–Crippen MR) is 56.9 cm³/mol. The van der Waals surface area contributed by atoms with Gasteiger partial charge in [-0.3, -0.25) is 0 Å². The zero-order valence-corrected chi connectivity index (χ0v) is 8.61. The lowest BCUT2D eigenvalue weighted by Gasteiger charge is -2.02. The van der Waals surface area contributed by atoms with E-state index in [9.17, 15) is 0 Å². The Bertz CT molecular complexity index is 197. The fraction of sp³-hybridized carbons (Fsp3) is 0.727. The number of rotatable bonds is 8. The summed E-state index contributed by atoms with van der Waals surface area (Å²) in [6.07, 6.45) is 8.35. The van der Waals surface area contributed by atoms with Crippen molar-refractivity contribution in [2.45, 2.75) is 44.6 Å². The molecule has 14 heavy (non-hydrogen) atoms. The van der Waals surface area contributed by atoms with Gasteiger partial charge in [0.15, 0.2) is 0 Å². The minimum absolute atomic E-state index is 0.489. The third kappa shape index (κ3) is 5.02. The summed E-state index contributed by atoms with van der Waals surface area (Å²) in [4.78, 5) is 0. The number of nitrogens with zero attached hydrogens (tertiary/aromatic N) is 1. The number of ether oxygens (including phenoxy) is 1. The molecule has 0 aliphatic carbocycles. The molecule has 3 heteroatoms. The lowest BCUT2D eigenvalue weighted by Crippen LogP contribution is -1.99. The van der Waals surface area contributed by atoms with Gasteiger partial charge in [0.25, 0.3) is 0 Å². The summed E-state index contributed by atoms with van der Waals surface area (Å²) in [5.41, 5.74) is 0.910. The van der Waals surface area contributed by atoms with E-state index in [-0.39, 0.29) is 0 Å². The van der Waals surface area contributed by atoms with E-state index in [1.165, 1.54) is 0 Å². The van der Waals surface area contributed by atoms with Gasteiger partial charge >= 0.3 is 0 Å². The topological polar surface area (TPSA) is 45.1 Å². The van der Waals surface area contributed by atoms with Crippen molar-refractivity contribution in [1.82, 2.24) is 0 Å². The molecule has 3 nitrogen and oxygen atoms in total. The number of epoxide rings is 1. The SMILES string of the molecule is C=CCCC/C(CCCC1CO1)=N/O. The lowest BCUT2D eigenvalue weighted by atomic mass is 10.1. The lowest BCUT2D eigenvalue weighted by molar-refractivity contribution is 0.315. The number of oxime groups is 1. The maximum atomic E-state index is 8.74. The number of allylic oxidation sites excluding steroid dienone is 1. The van der Waals surface area contributed by atoms with E-state index < -0.39 is 0 Å². The van der Waals surface area contributed by atoms with Crippen molar-refractivity contribution >= 4 is 5.71 Å². The van der Waals surface area contributed by atoms with Gasteiger partial charge in [-0.05, 0) is 38.5 Å². The quantitative estimate of drug-likeness (QED) is 0.162. The molecule has 80 valence electrons. The Morgan fingerprint density at radius 2 is 2.21 bits per heavy atom. The number of hydrogen-bond acceptors (Lipinski definition) is 3.